The molecule has 0 aliphatic heterocycles. The summed E-state index contributed by atoms with van der Waals surface area (Å²) in [5, 5.41) is 22.0. The summed E-state index contributed by atoms with van der Waals surface area (Å²) in [4.78, 5) is 43.4. The molecule has 0 aromatic rings. The molecule has 0 saturated heterocycles. The van der Waals surface area contributed by atoms with Crippen LogP contribution in [-0.2, 0) is 28.7 Å². The minimum absolute atomic E-state index is 0.212. The molecule has 0 aliphatic rings. The molecule has 27 heavy (non-hydrogen) atoms. The molecule has 0 fully saturated rings. The molecule has 0 saturated carbocycles. The Morgan fingerprint density at radius 3 is 1.67 bits per heavy atom. The third-order valence-electron chi connectivity index (χ3n) is 2.88. The molecule has 3 unspecified atom stereocenters. The molecule has 0 bridgehead atoms. The van der Waals surface area contributed by atoms with E-state index in [-0.39, 0.29) is 38.0 Å². The van der Waals surface area contributed by atoms with Crippen LogP contribution in [-0.4, -0.2) is 72.0 Å². The van der Waals surface area contributed by atoms with Crippen LogP contribution in [0.25, 0.3) is 0 Å². The standard InChI is InChI=1S/C17H26N2O8/c1-11(18-14(20)4-6-16(22)23)8-26-10-13(3)27-9-12(2)19-15(21)5-7-17(24)25/h4-7,11-13H,8-10H2,1-3H3,(H,18,20)(H,19,21)(H,22,23)(H,24,25). The summed E-state index contributed by atoms with van der Waals surface area (Å²) in [7, 11) is 0. The summed E-state index contributed by atoms with van der Waals surface area (Å²) in [6.07, 6.45) is 3.07. The van der Waals surface area contributed by atoms with E-state index >= 15 is 0 Å². The SMILES string of the molecule is CC(COCC(C)OCC(C)NC(=O)C=CC(=O)O)NC(=O)C=CC(=O)O. The van der Waals surface area contributed by atoms with Gasteiger partial charge in [0.05, 0.1) is 25.9 Å². The van der Waals surface area contributed by atoms with Crippen molar-refractivity contribution in [1.29, 1.82) is 0 Å². The fraction of sp³-hybridized carbons (Fsp3) is 0.529. The Hall–Kier alpha value is -2.72. The number of carbonyl (C=O) groups is 4. The summed E-state index contributed by atoms with van der Waals surface area (Å²) in [5.41, 5.74) is 0. The van der Waals surface area contributed by atoms with Crippen LogP contribution in [0.5, 0.6) is 0 Å². The first-order chi connectivity index (χ1) is 12.6. The second-order valence-corrected chi connectivity index (χ2v) is 5.84. The molecular weight excluding hydrogens is 360 g/mol. The van der Waals surface area contributed by atoms with Crippen molar-refractivity contribution in [2.24, 2.45) is 0 Å². The van der Waals surface area contributed by atoms with E-state index in [4.69, 9.17) is 19.7 Å². The number of carboxylic acid groups (broad SMARTS) is 2. The number of carbonyl (C=O) groups excluding carboxylic acids is 2. The Balaban J connectivity index is 3.94. The van der Waals surface area contributed by atoms with Gasteiger partial charge >= 0.3 is 11.9 Å². The van der Waals surface area contributed by atoms with E-state index in [2.05, 4.69) is 10.6 Å². The third kappa shape index (κ3) is 15.3. The Morgan fingerprint density at radius 2 is 1.22 bits per heavy atom. The number of nitrogens with one attached hydrogen (secondary N) is 2. The molecule has 2 amide bonds. The quantitative estimate of drug-likeness (QED) is 0.315. The monoisotopic (exact) mass is 386 g/mol. The van der Waals surface area contributed by atoms with Crippen molar-refractivity contribution in [2.75, 3.05) is 19.8 Å². The largest absolute Gasteiger partial charge is 0.478 e. The molecule has 0 spiro atoms. The predicted octanol–water partition coefficient (Wildman–Crippen LogP) is -0.301. The minimum atomic E-state index is -1.21. The fourth-order valence-electron chi connectivity index (χ4n) is 1.73. The molecule has 0 heterocycles. The van der Waals surface area contributed by atoms with Crippen LogP contribution >= 0.6 is 0 Å². The van der Waals surface area contributed by atoms with Crippen LogP contribution in [0, 0.1) is 0 Å². The number of aliphatic carboxylic acids is 2. The normalized spacial score (nSPS) is 14.6. The van der Waals surface area contributed by atoms with Crippen molar-refractivity contribution in [3.63, 3.8) is 0 Å². The van der Waals surface area contributed by atoms with Gasteiger partial charge in [-0.1, -0.05) is 0 Å². The van der Waals surface area contributed by atoms with E-state index < -0.39 is 23.8 Å². The van der Waals surface area contributed by atoms with Gasteiger partial charge in [-0.2, -0.15) is 0 Å². The third-order valence-corrected chi connectivity index (χ3v) is 2.88. The lowest BCUT2D eigenvalue weighted by Gasteiger charge is -2.19. The average Bonchev–Trinajstić information content (AvgIpc) is 2.56. The van der Waals surface area contributed by atoms with Crippen LogP contribution in [0.15, 0.2) is 24.3 Å². The Bertz CT molecular complexity index is 573. The first-order valence-corrected chi connectivity index (χ1v) is 8.22. The molecule has 0 rings (SSSR count). The van der Waals surface area contributed by atoms with Crippen LogP contribution in [0.4, 0.5) is 0 Å². The van der Waals surface area contributed by atoms with Crippen molar-refractivity contribution < 1.29 is 38.9 Å². The highest BCUT2D eigenvalue weighted by molar-refractivity contribution is 5.94. The molecule has 0 aliphatic carbocycles. The van der Waals surface area contributed by atoms with Gasteiger partial charge in [0.1, 0.15) is 0 Å². The Kier molecular flexibility index (Phi) is 12.1. The number of amides is 2. The Morgan fingerprint density at radius 1 is 0.778 bits per heavy atom. The van der Waals surface area contributed by atoms with Crippen molar-refractivity contribution in [2.45, 2.75) is 39.0 Å². The van der Waals surface area contributed by atoms with Gasteiger partial charge in [0, 0.05) is 36.4 Å². The van der Waals surface area contributed by atoms with Gasteiger partial charge in [0.25, 0.3) is 0 Å². The van der Waals surface area contributed by atoms with Gasteiger partial charge in [0.15, 0.2) is 0 Å². The predicted molar refractivity (Wildman–Crippen MR) is 95.0 cm³/mol. The Labute approximate surface area is 157 Å². The highest BCUT2D eigenvalue weighted by Crippen LogP contribution is 1.96. The average molecular weight is 386 g/mol. The number of rotatable bonds is 13. The highest BCUT2D eigenvalue weighted by Gasteiger charge is 2.10. The zero-order chi connectivity index (χ0) is 20.8. The molecule has 0 aromatic carbocycles. The van der Waals surface area contributed by atoms with E-state index in [1.165, 1.54) is 0 Å². The van der Waals surface area contributed by atoms with E-state index in [1.807, 2.05) is 0 Å². The van der Waals surface area contributed by atoms with Gasteiger partial charge in [-0.15, -0.1) is 0 Å². The van der Waals surface area contributed by atoms with Gasteiger partial charge in [-0.3, -0.25) is 9.59 Å². The molecule has 0 aromatic heterocycles. The summed E-state index contributed by atoms with van der Waals surface area (Å²) in [6, 6.07) is -0.639. The molecule has 3 atom stereocenters. The maximum atomic E-state index is 11.4. The first kappa shape index (κ1) is 24.3. The van der Waals surface area contributed by atoms with Crippen molar-refractivity contribution in [3.8, 4) is 0 Å². The maximum absolute atomic E-state index is 11.4. The summed E-state index contributed by atoms with van der Waals surface area (Å²) < 4.78 is 10.9. The van der Waals surface area contributed by atoms with Gasteiger partial charge < -0.3 is 30.3 Å². The molecule has 10 heteroatoms. The van der Waals surface area contributed by atoms with Crippen LogP contribution < -0.4 is 10.6 Å². The number of hydrogen-bond donors (Lipinski definition) is 4. The second kappa shape index (κ2) is 13.5. The van der Waals surface area contributed by atoms with E-state index in [9.17, 15) is 19.2 Å². The highest BCUT2D eigenvalue weighted by atomic mass is 16.5. The van der Waals surface area contributed by atoms with Gasteiger partial charge in [-0.25, -0.2) is 9.59 Å². The molecule has 10 nitrogen and oxygen atoms in total. The molecule has 0 radical (unpaired) electrons. The molecule has 4 N–H and O–H groups in total. The van der Waals surface area contributed by atoms with Gasteiger partial charge in [0.2, 0.25) is 11.8 Å². The summed E-state index contributed by atoms with van der Waals surface area (Å²) >= 11 is 0. The fourth-order valence-corrected chi connectivity index (χ4v) is 1.73. The van der Waals surface area contributed by atoms with Crippen molar-refractivity contribution in [3.05, 3.63) is 24.3 Å². The molecule has 152 valence electrons. The number of carboxylic acids is 2. The van der Waals surface area contributed by atoms with Crippen LogP contribution in [0.1, 0.15) is 20.8 Å². The lowest BCUT2D eigenvalue weighted by Crippen LogP contribution is -2.37. The first-order valence-electron chi connectivity index (χ1n) is 8.22. The topological polar surface area (TPSA) is 151 Å². The summed E-state index contributed by atoms with van der Waals surface area (Å²) in [6.45, 7) is 5.88. The van der Waals surface area contributed by atoms with Crippen LogP contribution in [0.2, 0.25) is 0 Å². The number of ether oxygens (including phenoxy) is 2. The van der Waals surface area contributed by atoms with E-state index in [0.29, 0.717) is 0 Å². The lowest BCUT2D eigenvalue weighted by atomic mass is 10.3. The lowest BCUT2D eigenvalue weighted by molar-refractivity contribution is -0.132. The smallest absolute Gasteiger partial charge is 0.328 e. The second-order valence-electron chi connectivity index (χ2n) is 5.84. The zero-order valence-corrected chi connectivity index (χ0v) is 15.5. The van der Waals surface area contributed by atoms with Crippen molar-refractivity contribution in [1.82, 2.24) is 10.6 Å². The van der Waals surface area contributed by atoms with E-state index in [0.717, 1.165) is 24.3 Å². The zero-order valence-electron chi connectivity index (χ0n) is 15.5. The minimum Gasteiger partial charge on any atom is -0.478 e. The maximum Gasteiger partial charge on any atom is 0.328 e. The molecular formula is C17H26N2O8. The van der Waals surface area contributed by atoms with Gasteiger partial charge in [-0.05, 0) is 20.8 Å². The van der Waals surface area contributed by atoms with E-state index in [1.54, 1.807) is 20.8 Å². The summed E-state index contributed by atoms with van der Waals surface area (Å²) in [5.74, 6) is -3.47. The van der Waals surface area contributed by atoms with Crippen molar-refractivity contribution >= 4 is 23.8 Å². The number of hydrogen-bond acceptors (Lipinski definition) is 6. The van der Waals surface area contributed by atoms with Crippen LogP contribution in [0.3, 0.4) is 0 Å².